The van der Waals surface area contributed by atoms with E-state index in [1.54, 1.807) is 17.0 Å². The van der Waals surface area contributed by atoms with Crippen LogP contribution in [0.1, 0.15) is 29.8 Å². The van der Waals surface area contributed by atoms with Gasteiger partial charge in [-0.05, 0) is 37.9 Å². The second-order valence-corrected chi connectivity index (χ2v) is 7.40. The molecule has 0 radical (unpaired) electrons. The van der Waals surface area contributed by atoms with Crippen LogP contribution in [0.2, 0.25) is 4.34 Å². The fraction of sp³-hybridized carbons (Fsp3) is 0.500. The van der Waals surface area contributed by atoms with Crippen molar-refractivity contribution in [3.8, 4) is 10.6 Å². The number of halogens is 1. The molecule has 0 saturated carbocycles. The lowest BCUT2D eigenvalue weighted by Gasteiger charge is -2.31. The van der Waals surface area contributed by atoms with Gasteiger partial charge < -0.3 is 19.9 Å². The number of aromatic nitrogens is 1. The highest BCUT2D eigenvalue weighted by Gasteiger charge is 2.26. The first-order valence-electron chi connectivity index (χ1n) is 8.00. The van der Waals surface area contributed by atoms with E-state index in [9.17, 15) is 4.79 Å². The number of amides is 1. The Morgan fingerprint density at radius 1 is 1.46 bits per heavy atom. The molecule has 1 aliphatic rings. The van der Waals surface area contributed by atoms with Crippen LogP contribution < -0.4 is 5.73 Å². The first kappa shape index (κ1) is 17.4. The molecule has 8 heteroatoms. The molecule has 6 nitrogen and oxygen atoms in total. The third-order valence-corrected chi connectivity index (χ3v) is 5.22. The van der Waals surface area contributed by atoms with Crippen molar-refractivity contribution < 1.29 is 14.1 Å². The minimum absolute atomic E-state index is 0.104. The molecule has 0 bridgehead atoms. The van der Waals surface area contributed by atoms with Crippen molar-refractivity contribution in [3.63, 3.8) is 0 Å². The summed E-state index contributed by atoms with van der Waals surface area (Å²) in [5.41, 5.74) is 5.79. The van der Waals surface area contributed by atoms with E-state index in [0.29, 0.717) is 42.0 Å². The van der Waals surface area contributed by atoms with Crippen LogP contribution >= 0.6 is 22.9 Å². The molecule has 130 valence electrons. The molecule has 1 amide bonds. The zero-order valence-electron chi connectivity index (χ0n) is 13.2. The fourth-order valence-corrected chi connectivity index (χ4v) is 3.65. The van der Waals surface area contributed by atoms with E-state index in [-0.39, 0.29) is 12.0 Å². The normalized spacial score (nSPS) is 15.8. The number of piperidine rings is 1. The highest BCUT2D eigenvalue weighted by molar-refractivity contribution is 7.19. The van der Waals surface area contributed by atoms with E-state index in [4.69, 9.17) is 26.6 Å². The van der Waals surface area contributed by atoms with Gasteiger partial charge in [0.1, 0.15) is 0 Å². The Kier molecular flexibility index (Phi) is 5.89. The van der Waals surface area contributed by atoms with Gasteiger partial charge in [-0.3, -0.25) is 4.79 Å². The fourth-order valence-electron chi connectivity index (χ4n) is 2.66. The molecule has 0 spiro atoms. The van der Waals surface area contributed by atoms with Crippen LogP contribution in [0, 0.1) is 0 Å². The topological polar surface area (TPSA) is 81.6 Å². The number of carbonyl (C=O) groups is 1. The Morgan fingerprint density at radius 2 is 2.25 bits per heavy atom. The number of nitrogens with zero attached hydrogens (tertiary/aromatic N) is 2. The summed E-state index contributed by atoms with van der Waals surface area (Å²) in [4.78, 5) is 15.2. The average molecular weight is 370 g/mol. The molecular weight excluding hydrogens is 350 g/mol. The van der Waals surface area contributed by atoms with Crippen LogP contribution in [0.4, 0.5) is 0 Å². The van der Waals surface area contributed by atoms with Gasteiger partial charge in [0.2, 0.25) is 0 Å². The zero-order valence-corrected chi connectivity index (χ0v) is 14.8. The Hall–Kier alpha value is -1.41. The van der Waals surface area contributed by atoms with Crippen molar-refractivity contribution in [3.05, 3.63) is 28.2 Å². The molecule has 0 atom stereocenters. The van der Waals surface area contributed by atoms with Crippen LogP contribution in [0.25, 0.3) is 10.6 Å². The van der Waals surface area contributed by atoms with Crippen molar-refractivity contribution in [2.75, 3.05) is 26.2 Å². The lowest BCUT2D eigenvalue weighted by Crippen LogP contribution is -2.41. The summed E-state index contributed by atoms with van der Waals surface area (Å²) in [7, 11) is 0. The molecule has 1 fully saturated rings. The second kappa shape index (κ2) is 8.11. The second-order valence-electron chi connectivity index (χ2n) is 5.68. The Bertz CT molecular complexity index is 680. The number of carbonyl (C=O) groups excluding carboxylic acids is 1. The number of likely N-dealkylation sites (tertiary alicyclic amines) is 1. The molecule has 2 aromatic rings. The van der Waals surface area contributed by atoms with Gasteiger partial charge in [-0.1, -0.05) is 16.8 Å². The average Bonchev–Trinajstić information content (AvgIpc) is 3.24. The van der Waals surface area contributed by atoms with Gasteiger partial charge in [-0.2, -0.15) is 0 Å². The molecule has 2 N–H and O–H groups in total. The lowest BCUT2D eigenvalue weighted by molar-refractivity contribution is 0.00820. The molecule has 0 unspecified atom stereocenters. The van der Waals surface area contributed by atoms with Crippen LogP contribution in [-0.2, 0) is 4.74 Å². The predicted molar refractivity (Wildman–Crippen MR) is 93.4 cm³/mol. The summed E-state index contributed by atoms with van der Waals surface area (Å²) in [6.07, 6.45) is 2.75. The van der Waals surface area contributed by atoms with Gasteiger partial charge in [0, 0.05) is 25.8 Å². The van der Waals surface area contributed by atoms with Crippen molar-refractivity contribution in [2.45, 2.75) is 25.4 Å². The minimum atomic E-state index is -0.104. The summed E-state index contributed by atoms with van der Waals surface area (Å²) < 4.78 is 11.7. The number of hydrogen-bond acceptors (Lipinski definition) is 6. The van der Waals surface area contributed by atoms with Crippen LogP contribution in [0.5, 0.6) is 0 Å². The SMILES string of the molecule is NCCCOC1CCN(C(=O)c2cc(-c3ccc(Cl)s3)on2)CC1. The number of hydrogen-bond donors (Lipinski definition) is 1. The van der Waals surface area contributed by atoms with Gasteiger partial charge in [0.15, 0.2) is 11.5 Å². The monoisotopic (exact) mass is 369 g/mol. The van der Waals surface area contributed by atoms with Gasteiger partial charge >= 0.3 is 0 Å². The van der Waals surface area contributed by atoms with Gasteiger partial charge in [0.25, 0.3) is 5.91 Å². The molecule has 1 saturated heterocycles. The van der Waals surface area contributed by atoms with Crippen molar-refractivity contribution in [1.82, 2.24) is 10.1 Å². The van der Waals surface area contributed by atoms with E-state index >= 15 is 0 Å². The maximum Gasteiger partial charge on any atom is 0.276 e. The third kappa shape index (κ3) is 4.16. The highest BCUT2D eigenvalue weighted by atomic mass is 35.5. The molecule has 3 heterocycles. The molecule has 24 heavy (non-hydrogen) atoms. The van der Waals surface area contributed by atoms with Crippen LogP contribution in [0.15, 0.2) is 22.7 Å². The quantitative estimate of drug-likeness (QED) is 0.791. The maximum absolute atomic E-state index is 12.5. The van der Waals surface area contributed by atoms with Gasteiger partial charge in [-0.25, -0.2) is 0 Å². The number of rotatable bonds is 6. The first-order valence-corrected chi connectivity index (χ1v) is 9.20. The molecule has 2 aromatic heterocycles. The molecule has 0 aliphatic carbocycles. The standard InChI is InChI=1S/C16H20ClN3O3S/c17-15-3-2-14(24-15)13-10-12(19-23-13)16(21)20-7-4-11(5-8-20)22-9-1-6-18/h2-3,10-11H,1,4-9,18H2. The van der Waals surface area contributed by atoms with E-state index in [0.717, 1.165) is 24.1 Å². The van der Waals surface area contributed by atoms with E-state index in [2.05, 4.69) is 5.16 Å². The molecular formula is C16H20ClN3O3S. The lowest BCUT2D eigenvalue weighted by atomic mass is 10.1. The van der Waals surface area contributed by atoms with Crippen LogP contribution in [-0.4, -0.2) is 48.3 Å². The van der Waals surface area contributed by atoms with E-state index in [1.165, 1.54) is 11.3 Å². The summed E-state index contributed by atoms with van der Waals surface area (Å²) in [5.74, 6) is 0.461. The number of nitrogens with two attached hydrogens (primary N) is 1. The van der Waals surface area contributed by atoms with Crippen molar-refractivity contribution >= 4 is 28.8 Å². The van der Waals surface area contributed by atoms with Crippen LogP contribution in [0.3, 0.4) is 0 Å². The highest BCUT2D eigenvalue weighted by Crippen LogP contribution is 2.31. The van der Waals surface area contributed by atoms with Crippen molar-refractivity contribution in [1.29, 1.82) is 0 Å². The Labute approximate surface area is 149 Å². The number of ether oxygens (including phenoxy) is 1. The molecule has 1 aliphatic heterocycles. The molecule has 0 aromatic carbocycles. The van der Waals surface area contributed by atoms with Crippen molar-refractivity contribution in [2.24, 2.45) is 5.73 Å². The first-order chi connectivity index (χ1) is 11.7. The van der Waals surface area contributed by atoms with Gasteiger partial charge in [-0.15, -0.1) is 11.3 Å². The summed E-state index contributed by atoms with van der Waals surface area (Å²) in [6.45, 7) is 2.66. The molecule has 3 rings (SSSR count). The summed E-state index contributed by atoms with van der Waals surface area (Å²) in [6, 6.07) is 5.32. The number of thiophene rings is 1. The van der Waals surface area contributed by atoms with Gasteiger partial charge in [0.05, 0.1) is 15.3 Å². The Balaban J connectivity index is 1.55. The zero-order chi connectivity index (χ0) is 16.9. The minimum Gasteiger partial charge on any atom is -0.378 e. The third-order valence-electron chi connectivity index (χ3n) is 3.98. The van der Waals surface area contributed by atoms with E-state index in [1.807, 2.05) is 6.07 Å². The maximum atomic E-state index is 12.5. The summed E-state index contributed by atoms with van der Waals surface area (Å²) in [5, 5.41) is 3.91. The summed E-state index contributed by atoms with van der Waals surface area (Å²) >= 11 is 7.32. The predicted octanol–water partition coefficient (Wildman–Crippen LogP) is 3.03. The van der Waals surface area contributed by atoms with E-state index < -0.39 is 0 Å². The smallest absolute Gasteiger partial charge is 0.276 e. The Morgan fingerprint density at radius 3 is 2.92 bits per heavy atom. The largest absolute Gasteiger partial charge is 0.378 e.